The van der Waals surface area contributed by atoms with Crippen LogP contribution >= 0.6 is 0 Å². The molecule has 15 heavy (non-hydrogen) atoms. The maximum atomic E-state index is 6.03. The normalized spacial score (nSPS) is 17.7. The summed E-state index contributed by atoms with van der Waals surface area (Å²) in [5, 5.41) is 3.36. The van der Waals surface area contributed by atoms with Crippen LogP contribution in [0.3, 0.4) is 0 Å². The third kappa shape index (κ3) is 2.07. The minimum Gasteiger partial charge on any atom is -0.496 e. The first-order valence-electron chi connectivity index (χ1n) is 5.46. The quantitative estimate of drug-likeness (QED) is 0.725. The zero-order valence-electron chi connectivity index (χ0n) is 9.12. The Bertz CT molecular complexity index is 332. The summed E-state index contributed by atoms with van der Waals surface area (Å²) < 4.78 is 5.38. The molecule has 0 unspecified atom stereocenters. The summed E-state index contributed by atoms with van der Waals surface area (Å²) in [5.41, 5.74) is 8.09. The van der Waals surface area contributed by atoms with Crippen LogP contribution in [0.4, 0.5) is 5.69 Å². The standard InChI is InChI=1S/C12H18N2O/c1-15-11-4-2-3-10(13)12(11)9-5-7-14-8-6-9/h2-4,9,14H,5-8,13H2,1H3. The van der Waals surface area contributed by atoms with Gasteiger partial charge < -0.3 is 15.8 Å². The summed E-state index contributed by atoms with van der Waals surface area (Å²) in [4.78, 5) is 0. The number of nitrogens with two attached hydrogens (primary N) is 1. The van der Waals surface area contributed by atoms with Crippen molar-refractivity contribution in [3.05, 3.63) is 23.8 Å². The third-order valence-corrected chi connectivity index (χ3v) is 3.07. The van der Waals surface area contributed by atoms with Gasteiger partial charge in [0.25, 0.3) is 0 Å². The summed E-state index contributed by atoms with van der Waals surface area (Å²) >= 11 is 0. The molecule has 0 spiro atoms. The van der Waals surface area contributed by atoms with E-state index in [2.05, 4.69) is 5.32 Å². The van der Waals surface area contributed by atoms with Crippen molar-refractivity contribution >= 4 is 5.69 Å². The fourth-order valence-corrected chi connectivity index (χ4v) is 2.29. The number of hydrogen-bond acceptors (Lipinski definition) is 3. The molecular formula is C12H18N2O. The zero-order chi connectivity index (χ0) is 10.7. The van der Waals surface area contributed by atoms with E-state index in [0.717, 1.165) is 37.4 Å². The van der Waals surface area contributed by atoms with Crippen molar-refractivity contribution in [3.8, 4) is 5.75 Å². The number of anilines is 1. The van der Waals surface area contributed by atoms with Crippen LogP contribution in [0.2, 0.25) is 0 Å². The molecule has 3 nitrogen and oxygen atoms in total. The van der Waals surface area contributed by atoms with Crippen molar-refractivity contribution in [1.29, 1.82) is 0 Å². The first-order valence-corrected chi connectivity index (χ1v) is 5.46. The van der Waals surface area contributed by atoms with Gasteiger partial charge in [0.15, 0.2) is 0 Å². The van der Waals surface area contributed by atoms with Gasteiger partial charge in [-0.15, -0.1) is 0 Å². The van der Waals surface area contributed by atoms with Gasteiger partial charge in [0, 0.05) is 11.3 Å². The summed E-state index contributed by atoms with van der Waals surface area (Å²) in [6, 6.07) is 5.90. The van der Waals surface area contributed by atoms with Crippen LogP contribution in [0.15, 0.2) is 18.2 Å². The Morgan fingerprint density at radius 1 is 1.33 bits per heavy atom. The molecule has 1 aromatic rings. The van der Waals surface area contributed by atoms with Crippen molar-refractivity contribution in [3.63, 3.8) is 0 Å². The summed E-state index contributed by atoms with van der Waals surface area (Å²) in [5.74, 6) is 1.48. The lowest BCUT2D eigenvalue weighted by atomic mass is 9.88. The van der Waals surface area contributed by atoms with Crippen molar-refractivity contribution in [2.24, 2.45) is 0 Å². The topological polar surface area (TPSA) is 47.3 Å². The molecule has 0 aromatic heterocycles. The van der Waals surface area contributed by atoms with Crippen LogP contribution in [0.5, 0.6) is 5.75 Å². The van der Waals surface area contributed by atoms with E-state index in [1.165, 1.54) is 5.56 Å². The number of benzene rings is 1. The van der Waals surface area contributed by atoms with Crippen LogP contribution in [-0.4, -0.2) is 20.2 Å². The predicted molar refractivity (Wildman–Crippen MR) is 62.3 cm³/mol. The summed E-state index contributed by atoms with van der Waals surface area (Å²) in [6.45, 7) is 2.14. The summed E-state index contributed by atoms with van der Waals surface area (Å²) in [6.07, 6.45) is 2.29. The predicted octanol–water partition coefficient (Wildman–Crippen LogP) is 1.74. The van der Waals surface area contributed by atoms with Crippen molar-refractivity contribution in [2.45, 2.75) is 18.8 Å². The van der Waals surface area contributed by atoms with E-state index in [1.54, 1.807) is 7.11 Å². The van der Waals surface area contributed by atoms with Gasteiger partial charge in [-0.3, -0.25) is 0 Å². The molecule has 1 saturated heterocycles. The molecule has 1 heterocycles. The fourth-order valence-electron chi connectivity index (χ4n) is 2.29. The second-order valence-corrected chi connectivity index (χ2v) is 3.99. The zero-order valence-corrected chi connectivity index (χ0v) is 9.12. The summed E-state index contributed by atoms with van der Waals surface area (Å²) in [7, 11) is 1.71. The smallest absolute Gasteiger partial charge is 0.124 e. The molecule has 1 aliphatic heterocycles. The molecule has 0 bridgehead atoms. The number of piperidine rings is 1. The van der Waals surface area contributed by atoms with Crippen LogP contribution < -0.4 is 15.8 Å². The SMILES string of the molecule is COc1cccc(N)c1C1CCNCC1. The van der Waals surface area contributed by atoms with Gasteiger partial charge in [0.2, 0.25) is 0 Å². The third-order valence-electron chi connectivity index (χ3n) is 3.07. The number of ether oxygens (including phenoxy) is 1. The van der Waals surface area contributed by atoms with Gasteiger partial charge >= 0.3 is 0 Å². The lowest BCUT2D eigenvalue weighted by Crippen LogP contribution is -2.27. The van der Waals surface area contributed by atoms with Gasteiger partial charge in [-0.25, -0.2) is 0 Å². The Morgan fingerprint density at radius 3 is 2.73 bits per heavy atom. The lowest BCUT2D eigenvalue weighted by molar-refractivity contribution is 0.392. The van der Waals surface area contributed by atoms with E-state index in [-0.39, 0.29) is 0 Å². The van der Waals surface area contributed by atoms with E-state index in [9.17, 15) is 0 Å². The molecule has 82 valence electrons. The van der Waals surface area contributed by atoms with Crippen LogP contribution in [0, 0.1) is 0 Å². The molecule has 3 N–H and O–H groups in total. The van der Waals surface area contributed by atoms with E-state index in [4.69, 9.17) is 10.5 Å². The Hall–Kier alpha value is -1.22. The Kier molecular flexibility index (Phi) is 3.11. The number of methoxy groups -OCH3 is 1. The van der Waals surface area contributed by atoms with Crippen molar-refractivity contribution < 1.29 is 4.74 Å². The highest BCUT2D eigenvalue weighted by Gasteiger charge is 2.20. The molecule has 0 amide bonds. The Morgan fingerprint density at radius 2 is 2.07 bits per heavy atom. The molecule has 0 saturated carbocycles. The molecule has 3 heteroatoms. The molecule has 1 aromatic carbocycles. The molecule has 0 atom stereocenters. The van der Waals surface area contributed by atoms with Gasteiger partial charge in [0.1, 0.15) is 5.75 Å². The van der Waals surface area contributed by atoms with Gasteiger partial charge in [-0.2, -0.15) is 0 Å². The molecule has 0 aliphatic carbocycles. The van der Waals surface area contributed by atoms with Crippen molar-refractivity contribution in [2.75, 3.05) is 25.9 Å². The first kappa shape index (κ1) is 10.3. The maximum absolute atomic E-state index is 6.03. The van der Waals surface area contributed by atoms with E-state index >= 15 is 0 Å². The Labute approximate surface area is 90.6 Å². The second kappa shape index (κ2) is 4.53. The fraction of sp³-hybridized carbons (Fsp3) is 0.500. The van der Waals surface area contributed by atoms with E-state index in [1.807, 2.05) is 18.2 Å². The largest absolute Gasteiger partial charge is 0.496 e. The van der Waals surface area contributed by atoms with Gasteiger partial charge in [-0.05, 0) is 44.0 Å². The number of nitrogens with one attached hydrogen (secondary N) is 1. The van der Waals surface area contributed by atoms with Crippen LogP contribution in [-0.2, 0) is 0 Å². The highest BCUT2D eigenvalue weighted by atomic mass is 16.5. The molecule has 2 rings (SSSR count). The van der Waals surface area contributed by atoms with Crippen LogP contribution in [0.1, 0.15) is 24.3 Å². The Balaban J connectivity index is 2.31. The maximum Gasteiger partial charge on any atom is 0.124 e. The minimum absolute atomic E-state index is 0.544. The molecule has 1 fully saturated rings. The van der Waals surface area contributed by atoms with Crippen LogP contribution in [0.25, 0.3) is 0 Å². The first-order chi connectivity index (χ1) is 7.33. The highest BCUT2D eigenvalue weighted by Crippen LogP contribution is 2.36. The molecule has 1 aliphatic rings. The second-order valence-electron chi connectivity index (χ2n) is 3.99. The van der Waals surface area contributed by atoms with Gasteiger partial charge in [-0.1, -0.05) is 6.07 Å². The lowest BCUT2D eigenvalue weighted by Gasteiger charge is -2.25. The van der Waals surface area contributed by atoms with E-state index in [0.29, 0.717) is 5.92 Å². The van der Waals surface area contributed by atoms with Gasteiger partial charge in [0.05, 0.1) is 7.11 Å². The number of nitrogen functional groups attached to an aromatic ring is 1. The minimum atomic E-state index is 0.544. The average Bonchev–Trinajstić information content (AvgIpc) is 2.29. The highest BCUT2D eigenvalue weighted by molar-refractivity contribution is 5.56. The van der Waals surface area contributed by atoms with E-state index < -0.39 is 0 Å². The molecular weight excluding hydrogens is 188 g/mol. The average molecular weight is 206 g/mol. The molecule has 0 radical (unpaired) electrons. The number of hydrogen-bond donors (Lipinski definition) is 2. The monoisotopic (exact) mass is 206 g/mol. The van der Waals surface area contributed by atoms with Crippen molar-refractivity contribution in [1.82, 2.24) is 5.32 Å². The number of rotatable bonds is 2.